The number of Topliss-reactive ketones (excluding diaryl/α,β-unsaturated/α-hetero) is 1. The van der Waals surface area contributed by atoms with Crippen LogP contribution >= 0.6 is 11.3 Å². The smallest absolute Gasteiger partial charge is 0.318 e. The Hall–Kier alpha value is -1.51. The highest BCUT2D eigenvalue weighted by atomic mass is 32.1. The first-order valence-electron chi connectivity index (χ1n) is 9.69. The molecule has 2 rings (SSSR count). The monoisotopic (exact) mass is 396 g/mol. The van der Waals surface area contributed by atoms with Gasteiger partial charge < -0.3 is 15.0 Å². The molecule has 1 aliphatic rings. The van der Waals surface area contributed by atoms with Crippen molar-refractivity contribution in [1.29, 1.82) is 0 Å². The van der Waals surface area contributed by atoms with Crippen LogP contribution in [0.4, 0.5) is 4.79 Å². The molecule has 152 valence electrons. The van der Waals surface area contributed by atoms with Crippen molar-refractivity contribution in [1.82, 2.24) is 20.1 Å². The maximum atomic E-state index is 12.6. The van der Waals surface area contributed by atoms with E-state index in [1.807, 2.05) is 12.3 Å². The molecule has 0 radical (unpaired) electrons. The van der Waals surface area contributed by atoms with Gasteiger partial charge >= 0.3 is 6.03 Å². The molecule has 8 heteroatoms. The molecule has 1 fully saturated rings. The molecule has 0 aliphatic carbocycles. The van der Waals surface area contributed by atoms with Gasteiger partial charge in [0.1, 0.15) is 0 Å². The normalized spacial score (nSPS) is 16.3. The lowest BCUT2D eigenvalue weighted by atomic mass is 10.1. The zero-order valence-corrected chi connectivity index (χ0v) is 17.7. The quantitative estimate of drug-likeness (QED) is 0.694. The Bertz CT molecular complexity index is 614. The molecule has 2 heterocycles. The van der Waals surface area contributed by atoms with Gasteiger partial charge in [-0.1, -0.05) is 20.8 Å². The second kappa shape index (κ2) is 10.7. The number of rotatable bonds is 9. The van der Waals surface area contributed by atoms with Crippen LogP contribution in [0.15, 0.2) is 5.38 Å². The van der Waals surface area contributed by atoms with Crippen LogP contribution < -0.4 is 5.32 Å². The van der Waals surface area contributed by atoms with Crippen molar-refractivity contribution in [2.24, 2.45) is 0 Å². The maximum absolute atomic E-state index is 12.6. The first kappa shape index (κ1) is 21.8. The van der Waals surface area contributed by atoms with E-state index in [0.717, 1.165) is 43.5 Å². The molecule has 0 saturated carbocycles. The van der Waals surface area contributed by atoms with Gasteiger partial charge in [0.25, 0.3) is 0 Å². The van der Waals surface area contributed by atoms with Crippen LogP contribution in [0.2, 0.25) is 0 Å². The Labute approximate surface area is 166 Å². The molecule has 1 saturated heterocycles. The van der Waals surface area contributed by atoms with Crippen molar-refractivity contribution in [3.63, 3.8) is 0 Å². The van der Waals surface area contributed by atoms with Crippen molar-refractivity contribution >= 4 is 23.2 Å². The number of ether oxygens (including phenoxy) is 1. The molecule has 1 aliphatic heterocycles. The fourth-order valence-electron chi connectivity index (χ4n) is 2.93. The summed E-state index contributed by atoms with van der Waals surface area (Å²) in [6.45, 7) is 10.5. The van der Waals surface area contributed by atoms with Crippen LogP contribution in [0.5, 0.6) is 0 Å². The zero-order chi connectivity index (χ0) is 19.8. The maximum Gasteiger partial charge on any atom is 0.318 e. The van der Waals surface area contributed by atoms with Crippen molar-refractivity contribution in [2.45, 2.75) is 52.1 Å². The SMILES string of the molecule is CCC(=O)C(CCN1CCOCC1)NC(=O)N(C)Cc1csc(C(C)C)n1. The minimum atomic E-state index is -0.450. The van der Waals surface area contributed by atoms with Gasteiger partial charge in [-0.05, 0) is 6.42 Å². The molecule has 7 nitrogen and oxygen atoms in total. The summed E-state index contributed by atoms with van der Waals surface area (Å²) in [5, 5.41) is 5.98. The van der Waals surface area contributed by atoms with E-state index < -0.39 is 6.04 Å². The van der Waals surface area contributed by atoms with Crippen LogP contribution in [-0.2, 0) is 16.1 Å². The van der Waals surface area contributed by atoms with Gasteiger partial charge in [-0.2, -0.15) is 0 Å². The summed E-state index contributed by atoms with van der Waals surface area (Å²) >= 11 is 1.62. The Morgan fingerprint density at radius 1 is 1.37 bits per heavy atom. The highest BCUT2D eigenvalue weighted by Crippen LogP contribution is 2.19. The summed E-state index contributed by atoms with van der Waals surface area (Å²) in [4.78, 5) is 33.3. The third kappa shape index (κ3) is 6.86. The van der Waals surface area contributed by atoms with E-state index >= 15 is 0 Å². The average molecular weight is 397 g/mol. The summed E-state index contributed by atoms with van der Waals surface area (Å²) < 4.78 is 5.35. The highest BCUT2D eigenvalue weighted by molar-refractivity contribution is 7.09. The number of nitrogens with one attached hydrogen (secondary N) is 1. The summed E-state index contributed by atoms with van der Waals surface area (Å²) in [7, 11) is 1.74. The molecule has 0 bridgehead atoms. The van der Waals surface area contributed by atoms with Gasteiger partial charge in [0.05, 0.1) is 36.5 Å². The fourth-order valence-corrected chi connectivity index (χ4v) is 3.76. The van der Waals surface area contributed by atoms with Crippen molar-refractivity contribution in [2.75, 3.05) is 39.9 Å². The van der Waals surface area contributed by atoms with Crippen LogP contribution in [0.25, 0.3) is 0 Å². The molecule has 1 aromatic rings. The van der Waals surface area contributed by atoms with Gasteiger partial charge in [0.15, 0.2) is 5.78 Å². The number of carbonyl (C=O) groups excluding carboxylic acids is 2. The van der Waals surface area contributed by atoms with E-state index in [0.29, 0.717) is 25.3 Å². The van der Waals surface area contributed by atoms with E-state index in [-0.39, 0.29) is 11.8 Å². The fraction of sp³-hybridized carbons (Fsp3) is 0.737. The van der Waals surface area contributed by atoms with Gasteiger partial charge in [-0.3, -0.25) is 9.69 Å². The van der Waals surface area contributed by atoms with Gasteiger partial charge in [0.2, 0.25) is 0 Å². The Kier molecular flexibility index (Phi) is 8.66. The lowest BCUT2D eigenvalue weighted by molar-refractivity contribution is -0.120. The Morgan fingerprint density at radius 3 is 2.67 bits per heavy atom. The third-order valence-electron chi connectivity index (χ3n) is 4.68. The van der Waals surface area contributed by atoms with Crippen molar-refractivity contribution in [3.8, 4) is 0 Å². The molecule has 1 atom stereocenters. The lowest BCUT2D eigenvalue weighted by Crippen LogP contribution is -2.48. The van der Waals surface area contributed by atoms with Gasteiger partial charge in [-0.25, -0.2) is 9.78 Å². The number of aromatic nitrogens is 1. The second-order valence-electron chi connectivity index (χ2n) is 7.25. The Morgan fingerprint density at radius 2 is 2.07 bits per heavy atom. The minimum Gasteiger partial charge on any atom is -0.379 e. The van der Waals surface area contributed by atoms with Crippen LogP contribution in [0, 0.1) is 0 Å². The zero-order valence-electron chi connectivity index (χ0n) is 16.9. The van der Waals surface area contributed by atoms with Crippen LogP contribution in [-0.4, -0.2) is 72.5 Å². The molecule has 1 N–H and O–H groups in total. The molecule has 0 spiro atoms. The summed E-state index contributed by atoms with van der Waals surface area (Å²) in [5.41, 5.74) is 0.882. The average Bonchev–Trinajstić information content (AvgIpc) is 3.13. The number of hydrogen-bond acceptors (Lipinski definition) is 6. The number of nitrogens with zero attached hydrogens (tertiary/aromatic N) is 3. The third-order valence-corrected chi connectivity index (χ3v) is 5.88. The first-order valence-corrected chi connectivity index (χ1v) is 10.6. The molecule has 27 heavy (non-hydrogen) atoms. The summed E-state index contributed by atoms with van der Waals surface area (Å²) in [6.07, 6.45) is 1.04. The van der Waals surface area contributed by atoms with Crippen LogP contribution in [0.3, 0.4) is 0 Å². The van der Waals surface area contributed by atoms with E-state index in [2.05, 4.69) is 29.0 Å². The predicted octanol–water partition coefficient (Wildman–Crippen LogP) is 2.48. The molecular formula is C19H32N4O3S. The topological polar surface area (TPSA) is 74.8 Å². The number of hydrogen-bond donors (Lipinski definition) is 1. The van der Waals surface area contributed by atoms with Gasteiger partial charge in [-0.15, -0.1) is 11.3 Å². The van der Waals surface area contributed by atoms with Gasteiger partial charge in [0, 0.05) is 44.4 Å². The number of morpholine rings is 1. The molecule has 1 unspecified atom stereocenters. The first-order chi connectivity index (χ1) is 12.9. The number of carbonyl (C=O) groups is 2. The summed E-state index contributed by atoms with van der Waals surface area (Å²) in [5.74, 6) is 0.454. The number of urea groups is 1. The molecule has 1 aromatic heterocycles. The van der Waals surface area contributed by atoms with E-state index in [4.69, 9.17) is 4.74 Å². The number of amides is 2. The minimum absolute atomic E-state index is 0.0701. The lowest BCUT2D eigenvalue weighted by Gasteiger charge is -2.29. The predicted molar refractivity (Wildman–Crippen MR) is 107 cm³/mol. The number of ketones is 1. The van der Waals surface area contributed by atoms with E-state index in [1.165, 1.54) is 0 Å². The van der Waals surface area contributed by atoms with Crippen molar-refractivity contribution in [3.05, 3.63) is 16.1 Å². The highest BCUT2D eigenvalue weighted by Gasteiger charge is 2.23. The summed E-state index contributed by atoms with van der Waals surface area (Å²) in [6, 6.07) is -0.683. The second-order valence-corrected chi connectivity index (χ2v) is 8.14. The standard InChI is InChI=1S/C19H32N4O3S/c1-5-17(24)16(6-7-23-8-10-26-11-9-23)21-19(25)22(4)12-15-13-27-18(20-15)14(2)3/h13-14,16H,5-12H2,1-4H3,(H,21,25). The van der Waals surface area contributed by atoms with Crippen molar-refractivity contribution < 1.29 is 14.3 Å². The Balaban J connectivity index is 1.87. The molecule has 2 amide bonds. The van der Waals surface area contributed by atoms with E-state index in [1.54, 1.807) is 23.3 Å². The molecule has 0 aromatic carbocycles. The van der Waals surface area contributed by atoms with E-state index in [9.17, 15) is 9.59 Å². The van der Waals surface area contributed by atoms with Crippen LogP contribution in [0.1, 0.15) is 50.2 Å². The number of thiazole rings is 1. The molecular weight excluding hydrogens is 364 g/mol. The largest absolute Gasteiger partial charge is 0.379 e.